The van der Waals surface area contributed by atoms with Crippen LogP contribution in [0.5, 0.6) is 0 Å². The van der Waals surface area contributed by atoms with Gasteiger partial charge in [-0.1, -0.05) is 6.08 Å². The number of allylic oxidation sites excluding steroid dienone is 1. The zero-order valence-electron chi connectivity index (χ0n) is 10.1. The van der Waals surface area contributed by atoms with E-state index in [0.29, 0.717) is 6.10 Å². The standard InChI is InChI=1S/C12H25NO/c1-6-7-8-9-14-11(2)10-13-12(3,4)5/h6,11,13H,1,7-10H2,2-5H3. The molecule has 0 saturated heterocycles. The Morgan fingerprint density at radius 3 is 2.57 bits per heavy atom. The first-order valence-corrected chi connectivity index (χ1v) is 5.43. The second-order valence-electron chi connectivity index (χ2n) is 4.74. The van der Waals surface area contributed by atoms with E-state index >= 15 is 0 Å². The van der Waals surface area contributed by atoms with Crippen LogP contribution < -0.4 is 5.32 Å². The van der Waals surface area contributed by atoms with E-state index in [1.54, 1.807) is 0 Å². The van der Waals surface area contributed by atoms with E-state index in [2.05, 4.69) is 39.6 Å². The van der Waals surface area contributed by atoms with Crippen LogP contribution in [0.4, 0.5) is 0 Å². The van der Waals surface area contributed by atoms with Crippen molar-refractivity contribution in [2.45, 2.75) is 52.2 Å². The van der Waals surface area contributed by atoms with E-state index in [4.69, 9.17) is 4.74 Å². The number of hydrogen-bond acceptors (Lipinski definition) is 2. The summed E-state index contributed by atoms with van der Waals surface area (Å²) in [4.78, 5) is 0. The normalized spacial score (nSPS) is 14.0. The van der Waals surface area contributed by atoms with Gasteiger partial charge >= 0.3 is 0 Å². The van der Waals surface area contributed by atoms with E-state index in [1.165, 1.54) is 0 Å². The summed E-state index contributed by atoms with van der Waals surface area (Å²) in [5, 5.41) is 3.42. The van der Waals surface area contributed by atoms with Gasteiger partial charge in [-0.05, 0) is 40.5 Å². The Labute approximate surface area is 88.7 Å². The second kappa shape index (κ2) is 7.02. The van der Waals surface area contributed by atoms with Gasteiger partial charge in [0.1, 0.15) is 0 Å². The molecule has 0 aromatic carbocycles. The fourth-order valence-corrected chi connectivity index (χ4v) is 1.02. The molecule has 0 amide bonds. The lowest BCUT2D eigenvalue weighted by atomic mass is 10.1. The summed E-state index contributed by atoms with van der Waals surface area (Å²) in [6.45, 7) is 14.0. The van der Waals surface area contributed by atoms with Crippen LogP contribution in [0.25, 0.3) is 0 Å². The minimum absolute atomic E-state index is 0.179. The molecule has 0 aliphatic rings. The SMILES string of the molecule is C=CCCCOC(C)CNC(C)(C)C. The van der Waals surface area contributed by atoms with Crippen LogP contribution >= 0.6 is 0 Å². The predicted octanol–water partition coefficient (Wildman–Crippen LogP) is 2.75. The average molecular weight is 199 g/mol. The summed E-state index contributed by atoms with van der Waals surface area (Å²) in [7, 11) is 0. The van der Waals surface area contributed by atoms with Crippen LogP contribution in [-0.4, -0.2) is 24.8 Å². The first-order valence-electron chi connectivity index (χ1n) is 5.43. The summed E-state index contributed by atoms with van der Waals surface area (Å²) in [6, 6.07) is 0. The smallest absolute Gasteiger partial charge is 0.0671 e. The summed E-state index contributed by atoms with van der Waals surface area (Å²) >= 11 is 0. The molecule has 1 N–H and O–H groups in total. The zero-order chi connectivity index (χ0) is 11.0. The van der Waals surface area contributed by atoms with E-state index in [0.717, 1.165) is 26.0 Å². The maximum absolute atomic E-state index is 5.63. The zero-order valence-corrected chi connectivity index (χ0v) is 10.1. The minimum Gasteiger partial charge on any atom is -0.377 e. The number of hydrogen-bond donors (Lipinski definition) is 1. The fourth-order valence-electron chi connectivity index (χ4n) is 1.02. The van der Waals surface area contributed by atoms with Gasteiger partial charge in [-0.3, -0.25) is 0 Å². The van der Waals surface area contributed by atoms with Gasteiger partial charge in [-0.25, -0.2) is 0 Å². The Morgan fingerprint density at radius 2 is 2.07 bits per heavy atom. The Bertz CT molecular complexity index is 149. The van der Waals surface area contributed by atoms with Gasteiger partial charge in [0.25, 0.3) is 0 Å². The molecule has 2 nitrogen and oxygen atoms in total. The molecule has 0 aromatic rings. The van der Waals surface area contributed by atoms with Crippen LogP contribution in [0.15, 0.2) is 12.7 Å². The van der Waals surface area contributed by atoms with Crippen molar-refractivity contribution in [2.75, 3.05) is 13.2 Å². The number of nitrogens with one attached hydrogen (secondary N) is 1. The molecule has 14 heavy (non-hydrogen) atoms. The quantitative estimate of drug-likeness (QED) is 0.503. The van der Waals surface area contributed by atoms with E-state index in [-0.39, 0.29) is 5.54 Å². The number of rotatable bonds is 7. The Hall–Kier alpha value is -0.340. The highest BCUT2D eigenvalue weighted by molar-refractivity contribution is 4.72. The topological polar surface area (TPSA) is 21.3 Å². The largest absolute Gasteiger partial charge is 0.377 e. The summed E-state index contributed by atoms with van der Waals surface area (Å²) in [6.07, 6.45) is 4.34. The lowest BCUT2D eigenvalue weighted by Gasteiger charge is -2.23. The summed E-state index contributed by atoms with van der Waals surface area (Å²) in [5.74, 6) is 0. The molecular formula is C12H25NO. The molecule has 84 valence electrons. The molecule has 0 heterocycles. The Kier molecular flexibility index (Phi) is 6.85. The number of unbranched alkanes of at least 4 members (excludes halogenated alkanes) is 1. The van der Waals surface area contributed by atoms with Gasteiger partial charge in [-0.2, -0.15) is 0 Å². The summed E-state index contributed by atoms with van der Waals surface area (Å²) in [5.41, 5.74) is 0.179. The monoisotopic (exact) mass is 199 g/mol. The molecule has 0 rings (SSSR count). The van der Waals surface area contributed by atoms with Crippen molar-refractivity contribution in [1.29, 1.82) is 0 Å². The minimum atomic E-state index is 0.179. The van der Waals surface area contributed by atoms with Crippen LogP contribution in [0.2, 0.25) is 0 Å². The molecule has 0 aliphatic carbocycles. The molecule has 2 heteroatoms. The highest BCUT2D eigenvalue weighted by atomic mass is 16.5. The lowest BCUT2D eigenvalue weighted by molar-refractivity contribution is 0.0604. The predicted molar refractivity (Wildman–Crippen MR) is 62.6 cm³/mol. The highest BCUT2D eigenvalue weighted by Crippen LogP contribution is 2.00. The van der Waals surface area contributed by atoms with Crippen LogP contribution in [0, 0.1) is 0 Å². The van der Waals surface area contributed by atoms with E-state index in [9.17, 15) is 0 Å². The van der Waals surface area contributed by atoms with Gasteiger partial charge in [0.15, 0.2) is 0 Å². The molecule has 0 aliphatic heterocycles. The van der Waals surface area contributed by atoms with Crippen LogP contribution in [0.1, 0.15) is 40.5 Å². The maximum Gasteiger partial charge on any atom is 0.0671 e. The van der Waals surface area contributed by atoms with Gasteiger partial charge in [0, 0.05) is 18.7 Å². The van der Waals surface area contributed by atoms with E-state index < -0.39 is 0 Å². The van der Waals surface area contributed by atoms with Crippen LogP contribution in [-0.2, 0) is 4.74 Å². The van der Waals surface area contributed by atoms with Gasteiger partial charge in [0.05, 0.1) is 6.10 Å². The summed E-state index contributed by atoms with van der Waals surface area (Å²) < 4.78 is 5.63. The Balaban J connectivity index is 3.36. The van der Waals surface area contributed by atoms with Crippen molar-refractivity contribution in [1.82, 2.24) is 5.32 Å². The molecular weight excluding hydrogens is 174 g/mol. The molecule has 1 atom stereocenters. The van der Waals surface area contributed by atoms with Crippen molar-refractivity contribution in [2.24, 2.45) is 0 Å². The molecule has 0 aromatic heterocycles. The third-order valence-corrected chi connectivity index (χ3v) is 1.87. The first kappa shape index (κ1) is 13.7. The molecule has 1 unspecified atom stereocenters. The molecule has 0 spiro atoms. The number of ether oxygens (including phenoxy) is 1. The van der Waals surface area contributed by atoms with E-state index in [1.807, 2.05) is 6.08 Å². The molecule has 0 fully saturated rings. The van der Waals surface area contributed by atoms with Gasteiger partial charge in [0.2, 0.25) is 0 Å². The van der Waals surface area contributed by atoms with Crippen molar-refractivity contribution < 1.29 is 4.74 Å². The first-order chi connectivity index (χ1) is 6.45. The van der Waals surface area contributed by atoms with Crippen LogP contribution in [0.3, 0.4) is 0 Å². The van der Waals surface area contributed by atoms with Gasteiger partial charge < -0.3 is 10.1 Å². The average Bonchev–Trinajstić information content (AvgIpc) is 2.08. The van der Waals surface area contributed by atoms with Crippen molar-refractivity contribution in [3.8, 4) is 0 Å². The third-order valence-electron chi connectivity index (χ3n) is 1.87. The molecule has 0 bridgehead atoms. The molecule has 0 saturated carbocycles. The maximum atomic E-state index is 5.63. The third kappa shape index (κ3) is 9.75. The Morgan fingerprint density at radius 1 is 1.43 bits per heavy atom. The highest BCUT2D eigenvalue weighted by Gasteiger charge is 2.10. The van der Waals surface area contributed by atoms with Crippen molar-refractivity contribution in [3.05, 3.63) is 12.7 Å². The van der Waals surface area contributed by atoms with Gasteiger partial charge in [-0.15, -0.1) is 6.58 Å². The lowest BCUT2D eigenvalue weighted by Crippen LogP contribution is -2.40. The molecule has 0 radical (unpaired) electrons. The second-order valence-corrected chi connectivity index (χ2v) is 4.74. The fraction of sp³-hybridized carbons (Fsp3) is 0.833. The van der Waals surface area contributed by atoms with Crippen molar-refractivity contribution >= 4 is 0 Å². The van der Waals surface area contributed by atoms with Crippen molar-refractivity contribution in [3.63, 3.8) is 0 Å².